The average Bonchev–Trinajstić information content (AvgIpc) is 3.75. The number of benzene rings is 1. The second-order valence-corrected chi connectivity index (χ2v) is 10.3. The van der Waals surface area contributed by atoms with Crippen molar-refractivity contribution in [3.8, 4) is 11.8 Å². The molecule has 3 aromatic heterocycles. The van der Waals surface area contributed by atoms with Gasteiger partial charge in [0.05, 0.1) is 66.4 Å². The molecule has 1 aromatic carbocycles. The fourth-order valence-electron chi connectivity index (χ4n) is 4.99. The number of fused-ring (bicyclic) bond motifs is 1. The van der Waals surface area contributed by atoms with E-state index in [-0.39, 0.29) is 35.5 Å². The Morgan fingerprint density at radius 3 is 2.72 bits per heavy atom. The molecule has 1 unspecified atom stereocenters. The summed E-state index contributed by atoms with van der Waals surface area (Å²) in [5.41, 5.74) is 3.36. The zero-order valence-electron chi connectivity index (χ0n) is 23.3. The quantitative estimate of drug-likeness (QED) is 0.193. The molecule has 1 atom stereocenters. The van der Waals surface area contributed by atoms with Crippen molar-refractivity contribution in [2.75, 3.05) is 36.9 Å². The Morgan fingerprint density at radius 1 is 1.16 bits per heavy atom. The van der Waals surface area contributed by atoms with Crippen LogP contribution in [-0.2, 0) is 16.0 Å². The summed E-state index contributed by atoms with van der Waals surface area (Å²) >= 11 is 0. The summed E-state index contributed by atoms with van der Waals surface area (Å²) in [6.07, 6.45) is 9.84. The van der Waals surface area contributed by atoms with Gasteiger partial charge in [0, 0.05) is 30.1 Å². The van der Waals surface area contributed by atoms with Crippen molar-refractivity contribution in [3.05, 3.63) is 77.9 Å². The molecule has 0 bridgehead atoms. The first-order valence-electron chi connectivity index (χ1n) is 14.0. The lowest BCUT2D eigenvalue weighted by Crippen LogP contribution is -2.24. The summed E-state index contributed by atoms with van der Waals surface area (Å²) < 4.78 is 16.9. The van der Waals surface area contributed by atoms with Gasteiger partial charge in [0.2, 0.25) is 11.7 Å². The van der Waals surface area contributed by atoms with Gasteiger partial charge in [0.15, 0.2) is 5.76 Å². The molecule has 0 aliphatic carbocycles. The van der Waals surface area contributed by atoms with Crippen LogP contribution in [0.15, 0.2) is 65.2 Å². The standard InChI is InChI=1S/C31H29N7O5/c32-14-20-15-34-24-12-28(43-22-5-9-41-18-22)25(38-30(40)10-19-3-6-33-7-4-19)11-23(24)31(20)37-21-16-35-29(36-17-21)13-26(39)27-2-1-8-42-27/h1-2,8,10-12,15-17,22,33H,3-7,9,13,18H2,(H,34,37)(H,38,40). The maximum absolute atomic E-state index is 13.1. The molecule has 0 saturated carbocycles. The van der Waals surface area contributed by atoms with Gasteiger partial charge in [-0.25, -0.2) is 9.97 Å². The molecule has 3 N–H and O–H groups in total. The molecule has 1 amide bonds. The Balaban J connectivity index is 1.31. The number of ether oxygens (including phenoxy) is 2. The summed E-state index contributed by atoms with van der Waals surface area (Å²) in [7, 11) is 0. The molecule has 2 saturated heterocycles. The number of nitrogens with zero attached hydrogens (tertiary/aromatic N) is 4. The van der Waals surface area contributed by atoms with Crippen molar-refractivity contribution < 1.29 is 23.5 Å². The number of rotatable bonds is 9. The van der Waals surface area contributed by atoms with Crippen LogP contribution in [0.1, 0.15) is 41.2 Å². The highest BCUT2D eigenvalue weighted by molar-refractivity contribution is 6.05. The number of furan rings is 1. The number of nitriles is 1. The molecule has 0 spiro atoms. The minimum atomic E-state index is -0.254. The summed E-state index contributed by atoms with van der Waals surface area (Å²) in [6.45, 7) is 2.75. The molecule has 4 aromatic rings. The Hall–Kier alpha value is -5.12. The van der Waals surface area contributed by atoms with Crippen molar-refractivity contribution in [2.45, 2.75) is 31.8 Å². The molecule has 2 aliphatic heterocycles. The third-order valence-corrected chi connectivity index (χ3v) is 7.20. The molecular formula is C31H29N7O5. The highest BCUT2D eigenvalue weighted by Crippen LogP contribution is 2.37. The first kappa shape index (κ1) is 28.0. The summed E-state index contributed by atoms with van der Waals surface area (Å²) in [5.74, 6) is 0.557. The molecular weight excluding hydrogens is 550 g/mol. The molecule has 12 heteroatoms. The minimum Gasteiger partial charge on any atom is -0.486 e. The number of hydrogen-bond donors (Lipinski definition) is 3. The normalized spacial score (nSPS) is 16.4. The van der Waals surface area contributed by atoms with E-state index in [1.807, 2.05) is 0 Å². The highest BCUT2D eigenvalue weighted by atomic mass is 16.5. The van der Waals surface area contributed by atoms with Gasteiger partial charge >= 0.3 is 0 Å². The molecule has 12 nitrogen and oxygen atoms in total. The van der Waals surface area contributed by atoms with E-state index in [4.69, 9.17) is 13.9 Å². The minimum absolute atomic E-state index is 0.0139. The van der Waals surface area contributed by atoms with Crippen LogP contribution >= 0.6 is 0 Å². The van der Waals surface area contributed by atoms with Gasteiger partial charge in [-0.05, 0) is 44.1 Å². The highest BCUT2D eigenvalue weighted by Gasteiger charge is 2.22. The SMILES string of the molecule is N#Cc1cnc2cc(OC3CCOC3)c(NC(=O)C=C3CCNCC3)cc2c1Nc1cnc(CC(=O)c2ccco2)nc1. The second-order valence-electron chi connectivity index (χ2n) is 10.3. The number of anilines is 3. The van der Waals surface area contributed by atoms with E-state index in [1.165, 1.54) is 24.9 Å². The molecule has 43 heavy (non-hydrogen) atoms. The fourth-order valence-corrected chi connectivity index (χ4v) is 4.99. The largest absolute Gasteiger partial charge is 0.486 e. The number of ketones is 1. The van der Waals surface area contributed by atoms with E-state index in [0.717, 1.165) is 37.9 Å². The lowest BCUT2D eigenvalue weighted by atomic mass is 10.0. The van der Waals surface area contributed by atoms with E-state index < -0.39 is 0 Å². The van der Waals surface area contributed by atoms with Crippen LogP contribution in [0.25, 0.3) is 10.9 Å². The maximum atomic E-state index is 13.1. The van der Waals surface area contributed by atoms with Gasteiger partial charge in [-0.2, -0.15) is 5.26 Å². The van der Waals surface area contributed by atoms with Crippen LogP contribution in [0.3, 0.4) is 0 Å². The molecule has 2 aliphatic rings. The first-order chi connectivity index (χ1) is 21.1. The Morgan fingerprint density at radius 2 is 2.00 bits per heavy atom. The van der Waals surface area contributed by atoms with Gasteiger partial charge < -0.3 is 29.8 Å². The molecule has 0 radical (unpaired) electrons. The maximum Gasteiger partial charge on any atom is 0.248 e. The van der Waals surface area contributed by atoms with Crippen LogP contribution in [0, 0.1) is 11.3 Å². The molecule has 5 heterocycles. The number of carbonyl (C=O) groups is 2. The summed E-state index contributed by atoms with van der Waals surface area (Å²) in [6, 6.07) is 8.93. The monoisotopic (exact) mass is 579 g/mol. The van der Waals surface area contributed by atoms with Crippen LogP contribution in [0.5, 0.6) is 5.75 Å². The molecule has 6 rings (SSSR count). The van der Waals surface area contributed by atoms with E-state index in [9.17, 15) is 14.9 Å². The number of piperidine rings is 1. The zero-order valence-corrected chi connectivity index (χ0v) is 23.3. The first-order valence-corrected chi connectivity index (χ1v) is 14.0. The fraction of sp³-hybridized carbons (Fsp3) is 0.290. The zero-order chi connectivity index (χ0) is 29.6. The van der Waals surface area contributed by atoms with E-state index in [2.05, 4.69) is 37.0 Å². The number of amides is 1. The second kappa shape index (κ2) is 12.8. The van der Waals surface area contributed by atoms with Gasteiger partial charge in [0.1, 0.15) is 23.7 Å². The van der Waals surface area contributed by atoms with Crippen molar-refractivity contribution >= 4 is 39.7 Å². The van der Waals surface area contributed by atoms with Gasteiger partial charge in [-0.1, -0.05) is 5.57 Å². The summed E-state index contributed by atoms with van der Waals surface area (Å²) in [4.78, 5) is 38.5. The van der Waals surface area contributed by atoms with Crippen molar-refractivity contribution in [3.63, 3.8) is 0 Å². The topological polar surface area (TPSA) is 164 Å². The van der Waals surface area contributed by atoms with Gasteiger partial charge in [0.25, 0.3) is 0 Å². The van der Waals surface area contributed by atoms with Gasteiger partial charge in [-0.3, -0.25) is 14.6 Å². The Kier molecular flexibility index (Phi) is 8.35. The van der Waals surface area contributed by atoms with Gasteiger partial charge in [-0.15, -0.1) is 0 Å². The smallest absolute Gasteiger partial charge is 0.248 e. The Bertz CT molecular complexity index is 1700. The third-order valence-electron chi connectivity index (χ3n) is 7.20. The van der Waals surface area contributed by atoms with E-state index in [1.54, 1.807) is 30.3 Å². The Labute approximate surface area is 247 Å². The van der Waals surface area contributed by atoms with E-state index >= 15 is 0 Å². The summed E-state index contributed by atoms with van der Waals surface area (Å²) in [5, 5.41) is 20.0. The molecule has 218 valence electrons. The predicted molar refractivity (Wildman–Crippen MR) is 157 cm³/mol. The van der Waals surface area contributed by atoms with Crippen LogP contribution in [-0.4, -0.2) is 59.0 Å². The lowest BCUT2D eigenvalue weighted by Gasteiger charge is -2.19. The number of nitrogens with one attached hydrogen (secondary N) is 3. The average molecular weight is 580 g/mol. The lowest BCUT2D eigenvalue weighted by molar-refractivity contribution is -0.112. The van der Waals surface area contributed by atoms with Crippen LogP contribution in [0.2, 0.25) is 0 Å². The van der Waals surface area contributed by atoms with E-state index in [0.29, 0.717) is 52.8 Å². The van der Waals surface area contributed by atoms with Crippen molar-refractivity contribution in [1.82, 2.24) is 20.3 Å². The number of carbonyl (C=O) groups excluding carboxylic acids is 2. The van der Waals surface area contributed by atoms with Crippen LogP contribution in [0.4, 0.5) is 17.1 Å². The molecule has 2 fully saturated rings. The van der Waals surface area contributed by atoms with Crippen molar-refractivity contribution in [2.24, 2.45) is 0 Å². The number of Topliss-reactive ketones (excluding diaryl/α,β-unsaturated/α-hetero) is 1. The number of pyridine rings is 1. The van der Waals surface area contributed by atoms with Crippen LogP contribution < -0.4 is 20.7 Å². The van der Waals surface area contributed by atoms with Crippen molar-refractivity contribution in [1.29, 1.82) is 5.26 Å². The number of hydrogen-bond acceptors (Lipinski definition) is 11. The number of aromatic nitrogens is 3. The third kappa shape index (κ3) is 6.69. The predicted octanol–water partition coefficient (Wildman–Crippen LogP) is 4.07.